The van der Waals surface area contributed by atoms with Gasteiger partial charge >= 0.3 is 11.9 Å². The van der Waals surface area contributed by atoms with E-state index < -0.39 is 18.2 Å². The number of aliphatic hydroxyl groups excluding tert-OH is 2. The van der Waals surface area contributed by atoms with Gasteiger partial charge in [-0.15, -0.1) is 0 Å². The molecule has 0 unspecified atom stereocenters. The predicted octanol–water partition coefficient (Wildman–Crippen LogP) is 4.21. The van der Waals surface area contributed by atoms with Crippen molar-refractivity contribution in [1.29, 1.82) is 0 Å². The fourth-order valence-corrected chi connectivity index (χ4v) is 4.49. The molecule has 7 heteroatoms. The summed E-state index contributed by atoms with van der Waals surface area (Å²) in [6, 6.07) is 0. The van der Waals surface area contributed by atoms with Crippen LogP contribution < -0.4 is 5.73 Å². The molecule has 0 aromatic carbocycles. The van der Waals surface area contributed by atoms with Gasteiger partial charge in [-0.25, -0.2) is 0 Å². The summed E-state index contributed by atoms with van der Waals surface area (Å²) >= 11 is 0. The molecule has 2 aliphatic carbocycles. The van der Waals surface area contributed by atoms with E-state index in [0.29, 0.717) is 6.42 Å². The van der Waals surface area contributed by atoms with Gasteiger partial charge in [-0.1, -0.05) is 39.0 Å². The van der Waals surface area contributed by atoms with E-state index in [1.807, 2.05) is 34.6 Å². The van der Waals surface area contributed by atoms with Crippen LogP contribution in [-0.4, -0.2) is 51.1 Å². The number of carboxylic acid groups (broad SMARTS) is 1. The Hall–Kier alpha value is -1.70. The van der Waals surface area contributed by atoms with Gasteiger partial charge in [0, 0.05) is 11.5 Å². The van der Waals surface area contributed by atoms with E-state index in [9.17, 15) is 19.8 Å². The highest BCUT2D eigenvalue weighted by Gasteiger charge is 2.40. The minimum absolute atomic E-state index is 0. The molecule has 0 radical (unpaired) electrons. The number of carbonyl (C=O) groups excluding carboxylic acids is 1. The molecule has 0 aromatic rings. The van der Waals surface area contributed by atoms with Gasteiger partial charge in [0.05, 0.1) is 24.5 Å². The summed E-state index contributed by atoms with van der Waals surface area (Å²) in [5.74, 6) is -0.691. The fraction of sp³-hybridized carbons (Fsp3) is 0.778. The number of aliphatic carboxylic acids is 1. The first kappa shape index (κ1) is 30.3. The van der Waals surface area contributed by atoms with Crippen LogP contribution in [0, 0.1) is 23.7 Å². The Labute approximate surface area is 205 Å². The van der Waals surface area contributed by atoms with Gasteiger partial charge in [0.1, 0.15) is 6.10 Å². The lowest BCUT2D eigenvalue weighted by atomic mass is 9.66. The molecule has 0 fully saturated rings. The second-order valence-corrected chi connectivity index (χ2v) is 11.1. The number of hydrogen-bond donors (Lipinski definition) is 4. The van der Waals surface area contributed by atoms with Crippen molar-refractivity contribution >= 4 is 11.9 Å². The zero-order valence-corrected chi connectivity index (χ0v) is 21.9. The van der Waals surface area contributed by atoms with E-state index in [2.05, 4.69) is 25.2 Å². The molecule has 0 saturated heterocycles. The SMILES string of the molecule is CC(C)(C)N.CC[C@H](C)C(=O)O[C@H]1CCC=C2C=C[C@H](C)[C@H](CC[C@@H](O)C[C@@H](O)CC(=O)O)[C@H]21. The van der Waals surface area contributed by atoms with Crippen molar-refractivity contribution in [3.63, 3.8) is 0 Å². The van der Waals surface area contributed by atoms with Gasteiger partial charge in [0.25, 0.3) is 0 Å². The maximum Gasteiger partial charge on any atom is 0.308 e. The van der Waals surface area contributed by atoms with Crippen LogP contribution in [0.4, 0.5) is 0 Å². The first-order valence-corrected chi connectivity index (χ1v) is 12.7. The van der Waals surface area contributed by atoms with Crippen LogP contribution in [0.25, 0.3) is 0 Å². The van der Waals surface area contributed by atoms with Crippen molar-refractivity contribution in [2.75, 3.05) is 0 Å². The van der Waals surface area contributed by atoms with E-state index in [4.69, 9.17) is 15.6 Å². The maximum atomic E-state index is 12.4. The summed E-state index contributed by atoms with van der Waals surface area (Å²) < 4.78 is 5.93. The number of allylic oxidation sites excluding steroid dienone is 3. The predicted molar refractivity (Wildman–Crippen MR) is 134 cm³/mol. The fourth-order valence-electron chi connectivity index (χ4n) is 4.49. The maximum absolute atomic E-state index is 12.4. The number of ether oxygens (including phenoxy) is 1. The molecular formula is C27H47NO6. The number of esters is 1. The van der Waals surface area contributed by atoms with Crippen LogP contribution in [0.1, 0.15) is 86.5 Å². The Morgan fingerprint density at radius 1 is 1.24 bits per heavy atom. The van der Waals surface area contributed by atoms with Crippen molar-refractivity contribution in [3.05, 3.63) is 23.8 Å². The molecular weight excluding hydrogens is 434 g/mol. The highest BCUT2D eigenvalue weighted by atomic mass is 16.5. The Morgan fingerprint density at radius 3 is 2.41 bits per heavy atom. The number of aliphatic hydroxyl groups is 2. The van der Waals surface area contributed by atoms with E-state index in [1.54, 1.807) is 0 Å². The minimum atomic E-state index is -1.07. The molecule has 0 heterocycles. The Balaban J connectivity index is 0.00000104. The van der Waals surface area contributed by atoms with Crippen LogP contribution in [0.5, 0.6) is 0 Å². The first-order chi connectivity index (χ1) is 15.7. The number of carboxylic acids is 1. The Morgan fingerprint density at radius 2 is 1.85 bits per heavy atom. The number of nitrogens with two attached hydrogens (primary N) is 1. The van der Waals surface area contributed by atoms with Gasteiger partial charge in [0.2, 0.25) is 0 Å². The summed E-state index contributed by atoms with van der Waals surface area (Å²) in [4.78, 5) is 23.1. The average molecular weight is 482 g/mol. The molecule has 5 N–H and O–H groups in total. The quantitative estimate of drug-likeness (QED) is 0.344. The molecule has 0 aromatic heterocycles. The zero-order chi connectivity index (χ0) is 26.1. The molecule has 0 bridgehead atoms. The minimum Gasteiger partial charge on any atom is -0.481 e. The second kappa shape index (κ2) is 14.0. The van der Waals surface area contributed by atoms with Gasteiger partial charge in [-0.2, -0.15) is 0 Å². The molecule has 34 heavy (non-hydrogen) atoms. The molecule has 0 amide bonds. The number of carbonyl (C=O) groups is 2. The van der Waals surface area contributed by atoms with E-state index in [-0.39, 0.29) is 54.1 Å². The topological polar surface area (TPSA) is 130 Å². The molecule has 7 nitrogen and oxygen atoms in total. The molecule has 2 aliphatic rings. The normalized spacial score (nSPS) is 26.8. The third kappa shape index (κ3) is 11.2. The van der Waals surface area contributed by atoms with Crippen LogP contribution in [0.2, 0.25) is 0 Å². The molecule has 196 valence electrons. The van der Waals surface area contributed by atoms with E-state index in [0.717, 1.165) is 25.7 Å². The highest BCUT2D eigenvalue weighted by Crippen LogP contribution is 2.44. The van der Waals surface area contributed by atoms with Crippen molar-refractivity contribution in [2.45, 2.75) is 110 Å². The van der Waals surface area contributed by atoms with Crippen LogP contribution in [0.3, 0.4) is 0 Å². The Kier molecular flexibility index (Phi) is 12.5. The summed E-state index contributed by atoms with van der Waals surface area (Å²) in [7, 11) is 0. The number of fused-ring (bicyclic) bond motifs is 1. The largest absolute Gasteiger partial charge is 0.481 e. The lowest BCUT2D eigenvalue weighted by Gasteiger charge is -2.42. The van der Waals surface area contributed by atoms with Gasteiger partial charge in [0.15, 0.2) is 0 Å². The third-order valence-electron chi connectivity index (χ3n) is 6.42. The molecule has 0 aliphatic heterocycles. The smallest absolute Gasteiger partial charge is 0.308 e. The monoisotopic (exact) mass is 481 g/mol. The molecule has 0 spiro atoms. The summed E-state index contributed by atoms with van der Waals surface area (Å²) in [6.45, 7) is 11.9. The number of hydrogen-bond acceptors (Lipinski definition) is 6. The number of rotatable bonds is 10. The van der Waals surface area contributed by atoms with Crippen LogP contribution >= 0.6 is 0 Å². The van der Waals surface area contributed by atoms with Crippen molar-refractivity contribution in [2.24, 2.45) is 29.4 Å². The van der Waals surface area contributed by atoms with E-state index >= 15 is 0 Å². The highest BCUT2D eigenvalue weighted by molar-refractivity contribution is 5.72. The molecule has 2 rings (SSSR count). The standard InChI is InChI=1S/C23H36O6.C4H11N/c1-4-14(2)23(28)29-20-7-5-6-16-9-8-15(3)19(22(16)20)11-10-17(24)12-18(25)13-21(26)27;1-4(2,3)5/h6,8-9,14-15,17-20,22,24-25H,4-5,7,10-13H2,1-3H3,(H,26,27);5H2,1-3H3/t14-,15-,17+,18+,19-,20-,22-;/m0./s1. The average Bonchev–Trinajstić information content (AvgIpc) is 2.70. The lowest BCUT2D eigenvalue weighted by Crippen LogP contribution is -2.40. The summed E-state index contributed by atoms with van der Waals surface area (Å²) in [6.07, 6.45) is 7.97. The molecule has 0 saturated carbocycles. The Bertz CT molecular complexity index is 704. The molecule has 7 atom stereocenters. The summed E-state index contributed by atoms with van der Waals surface area (Å²) in [5, 5.41) is 28.8. The van der Waals surface area contributed by atoms with Crippen molar-refractivity contribution in [1.82, 2.24) is 0 Å². The second-order valence-electron chi connectivity index (χ2n) is 11.1. The van der Waals surface area contributed by atoms with Gasteiger partial charge < -0.3 is 25.8 Å². The van der Waals surface area contributed by atoms with Crippen molar-refractivity contribution in [3.8, 4) is 0 Å². The van der Waals surface area contributed by atoms with Gasteiger partial charge in [-0.3, -0.25) is 9.59 Å². The lowest BCUT2D eigenvalue weighted by molar-refractivity contribution is -0.158. The van der Waals surface area contributed by atoms with E-state index in [1.165, 1.54) is 5.57 Å². The van der Waals surface area contributed by atoms with Gasteiger partial charge in [-0.05, 0) is 76.7 Å². The van der Waals surface area contributed by atoms with Crippen LogP contribution in [-0.2, 0) is 14.3 Å². The van der Waals surface area contributed by atoms with Crippen molar-refractivity contribution < 1.29 is 29.6 Å². The first-order valence-electron chi connectivity index (χ1n) is 12.7. The third-order valence-corrected chi connectivity index (χ3v) is 6.42. The summed E-state index contributed by atoms with van der Waals surface area (Å²) in [5.41, 5.74) is 6.56. The zero-order valence-electron chi connectivity index (χ0n) is 21.9. The van der Waals surface area contributed by atoms with Crippen LogP contribution in [0.15, 0.2) is 23.8 Å².